The fourth-order valence-electron chi connectivity index (χ4n) is 1.63. The van der Waals surface area contributed by atoms with Gasteiger partial charge in [0, 0.05) is 0 Å². The molecule has 0 saturated heterocycles. The van der Waals surface area contributed by atoms with E-state index in [0.717, 1.165) is 5.52 Å². The highest BCUT2D eigenvalue weighted by Gasteiger charge is 2.09. The summed E-state index contributed by atoms with van der Waals surface area (Å²) < 4.78 is 1.46. The summed E-state index contributed by atoms with van der Waals surface area (Å²) in [6.45, 7) is 0. The molecule has 0 aliphatic carbocycles. The number of nitrogens with two attached hydrogens (primary N) is 1. The van der Waals surface area contributed by atoms with Crippen LogP contribution in [0, 0.1) is 0 Å². The van der Waals surface area contributed by atoms with Gasteiger partial charge >= 0.3 is 0 Å². The zero-order valence-corrected chi connectivity index (χ0v) is 8.14. The van der Waals surface area contributed by atoms with Gasteiger partial charge in [0.25, 0.3) is 11.5 Å². The maximum absolute atomic E-state index is 11.7. The number of anilines is 1. The number of hydrogen-bond acceptors (Lipinski definition) is 5. The monoisotopic (exact) mass is 216 g/mol. The smallest absolute Gasteiger partial charge is 0.293 e. The molecule has 3 aromatic rings. The number of nitrogen functional groups attached to an aromatic ring is 1. The number of para-hydroxylation sites is 2. The molecule has 80 valence electrons. The zero-order chi connectivity index (χ0) is 11.1. The van der Waals surface area contributed by atoms with E-state index < -0.39 is 0 Å². The molecule has 0 unspecified atom stereocenters. The van der Waals surface area contributed by atoms with Gasteiger partial charge in [0.15, 0.2) is 0 Å². The van der Waals surface area contributed by atoms with Gasteiger partial charge in [0.1, 0.15) is 0 Å². The Hall–Kier alpha value is -2.41. The first-order valence-electron chi connectivity index (χ1n) is 4.64. The van der Waals surface area contributed by atoms with Crippen molar-refractivity contribution in [1.82, 2.24) is 19.6 Å². The van der Waals surface area contributed by atoms with Crippen molar-refractivity contribution in [2.24, 2.45) is 5.84 Å². The summed E-state index contributed by atoms with van der Waals surface area (Å²) in [6.07, 6.45) is 0. The van der Waals surface area contributed by atoms with Crippen LogP contribution in [0.1, 0.15) is 0 Å². The Bertz CT molecular complexity index is 728. The van der Waals surface area contributed by atoms with Crippen molar-refractivity contribution < 1.29 is 0 Å². The Morgan fingerprint density at radius 3 is 3.00 bits per heavy atom. The van der Waals surface area contributed by atoms with Crippen LogP contribution in [0.2, 0.25) is 0 Å². The highest BCUT2D eigenvalue weighted by atomic mass is 16.1. The maximum atomic E-state index is 11.7. The molecule has 0 spiro atoms. The van der Waals surface area contributed by atoms with Gasteiger partial charge in [-0.3, -0.25) is 10.2 Å². The summed E-state index contributed by atoms with van der Waals surface area (Å²) in [4.78, 5) is 18.3. The van der Waals surface area contributed by atoms with Crippen LogP contribution in [0.3, 0.4) is 0 Å². The maximum Gasteiger partial charge on any atom is 0.293 e. The minimum absolute atomic E-state index is 0.210. The van der Waals surface area contributed by atoms with E-state index in [1.165, 1.54) is 4.52 Å². The van der Waals surface area contributed by atoms with Crippen LogP contribution in [0.15, 0.2) is 29.1 Å². The molecule has 0 atom stereocenters. The lowest BCUT2D eigenvalue weighted by atomic mass is 10.3. The van der Waals surface area contributed by atoms with Crippen molar-refractivity contribution in [3.63, 3.8) is 0 Å². The van der Waals surface area contributed by atoms with Crippen molar-refractivity contribution in [2.75, 3.05) is 5.43 Å². The van der Waals surface area contributed by atoms with Gasteiger partial charge in [-0.15, -0.1) is 5.10 Å². The molecule has 16 heavy (non-hydrogen) atoms. The zero-order valence-electron chi connectivity index (χ0n) is 8.14. The first-order valence-corrected chi connectivity index (χ1v) is 4.64. The van der Waals surface area contributed by atoms with Crippen molar-refractivity contribution in [1.29, 1.82) is 0 Å². The third kappa shape index (κ3) is 1.09. The molecule has 0 saturated carbocycles. The van der Waals surface area contributed by atoms with Crippen molar-refractivity contribution >= 4 is 22.6 Å². The normalized spacial score (nSPS) is 11.1. The Morgan fingerprint density at radius 1 is 1.38 bits per heavy atom. The molecule has 2 aromatic heterocycles. The topological polar surface area (TPSA) is 101 Å². The fourth-order valence-corrected chi connectivity index (χ4v) is 1.63. The summed E-state index contributed by atoms with van der Waals surface area (Å²) >= 11 is 0. The third-order valence-electron chi connectivity index (χ3n) is 2.32. The summed E-state index contributed by atoms with van der Waals surface area (Å²) in [6, 6.07) is 7.33. The van der Waals surface area contributed by atoms with Gasteiger partial charge in [0.2, 0.25) is 5.65 Å². The van der Waals surface area contributed by atoms with Crippen LogP contribution < -0.4 is 16.8 Å². The molecular weight excluding hydrogens is 208 g/mol. The average Bonchev–Trinajstić information content (AvgIpc) is 2.74. The van der Waals surface area contributed by atoms with Crippen LogP contribution in [0.4, 0.5) is 5.95 Å². The van der Waals surface area contributed by atoms with Gasteiger partial charge < -0.3 is 4.98 Å². The fraction of sp³-hybridized carbons (Fsp3) is 0. The molecule has 1 aromatic carbocycles. The van der Waals surface area contributed by atoms with Crippen LogP contribution in [-0.4, -0.2) is 19.6 Å². The molecule has 0 bridgehead atoms. The Kier molecular flexibility index (Phi) is 1.68. The number of rotatable bonds is 1. The predicted octanol–water partition coefficient (Wildman–Crippen LogP) is -0.144. The molecule has 0 aliphatic rings. The number of hydrazine groups is 1. The SMILES string of the molecule is NNc1nc2c(=O)[nH]c3ccccc3n2n1. The molecule has 0 amide bonds. The predicted molar refractivity (Wildman–Crippen MR) is 58.9 cm³/mol. The Morgan fingerprint density at radius 2 is 2.19 bits per heavy atom. The Balaban J connectivity index is 2.57. The number of fused-ring (bicyclic) bond motifs is 3. The lowest BCUT2D eigenvalue weighted by molar-refractivity contribution is 0.983. The highest BCUT2D eigenvalue weighted by molar-refractivity contribution is 5.76. The second-order valence-electron chi connectivity index (χ2n) is 3.29. The van der Waals surface area contributed by atoms with E-state index in [-0.39, 0.29) is 17.2 Å². The summed E-state index contributed by atoms with van der Waals surface area (Å²) in [5, 5.41) is 4.07. The van der Waals surface area contributed by atoms with E-state index >= 15 is 0 Å². The molecule has 7 heteroatoms. The first-order chi connectivity index (χ1) is 7.79. The van der Waals surface area contributed by atoms with Crippen LogP contribution in [-0.2, 0) is 0 Å². The molecule has 0 fully saturated rings. The van der Waals surface area contributed by atoms with E-state index in [0.29, 0.717) is 5.52 Å². The second kappa shape index (κ2) is 3.04. The highest BCUT2D eigenvalue weighted by Crippen LogP contribution is 2.10. The second-order valence-corrected chi connectivity index (χ2v) is 3.29. The molecule has 0 radical (unpaired) electrons. The number of nitrogens with zero attached hydrogens (tertiary/aromatic N) is 3. The van der Waals surface area contributed by atoms with Gasteiger partial charge in [-0.25, -0.2) is 10.4 Å². The van der Waals surface area contributed by atoms with E-state index in [4.69, 9.17) is 5.84 Å². The van der Waals surface area contributed by atoms with Crippen molar-refractivity contribution in [3.8, 4) is 0 Å². The number of hydrogen-bond donors (Lipinski definition) is 3. The van der Waals surface area contributed by atoms with E-state index in [9.17, 15) is 4.79 Å². The number of aromatic nitrogens is 4. The van der Waals surface area contributed by atoms with Gasteiger partial charge in [-0.2, -0.15) is 4.98 Å². The number of aromatic amines is 1. The van der Waals surface area contributed by atoms with E-state index in [1.807, 2.05) is 18.2 Å². The van der Waals surface area contributed by atoms with Crippen LogP contribution in [0.25, 0.3) is 16.7 Å². The minimum atomic E-state index is -0.298. The minimum Gasteiger partial charge on any atom is -0.317 e. The molecule has 4 N–H and O–H groups in total. The average molecular weight is 216 g/mol. The summed E-state index contributed by atoms with van der Waals surface area (Å²) in [5.41, 5.74) is 3.70. The standard InChI is InChI=1S/C9H8N6O/c10-13-9-12-7-8(16)11-5-3-1-2-4-6(5)15(7)14-9/h1-4H,10H2,(H,11,16)(H,13,14). The summed E-state index contributed by atoms with van der Waals surface area (Å²) in [5.74, 6) is 5.42. The first kappa shape index (κ1) is 8.86. The largest absolute Gasteiger partial charge is 0.317 e. The number of H-pyrrole nitrogens is 1. The van der Waals surface area contributed by atoms with Crippen LogP contribution >= 0.6 is 0 Å². The quantitative estimate of drug-likeness (QED) is 0.388. The van der Waals surface area contributed by atoms with E-state index in [2.05, 4.69) is 20.5 Å². The van der Waals surface area contributed by atoms with Crippen LogP contribution in [0.5, 0.6) is 0 Å². The van der Waals surface area contributed by atoms with Crippen molar-refractivity contribution in [3.05, 3.63) is 34.6 Å². The van der Waals surface area contributed by atoms with Gasteiger partial charge in [-0.1, -0.05) is 12.1 Å². The Labute approximate surface area is 88.9 Å². The lowest BCUT2D eigenvalue weighted by Crippen LogP contribution is -2.11. The molecule has 0 aliphatic heterocycles. The molecule has 2 heterocycles. The molecule has 3 rings (SSSR count). The molecular formula is C9H8N6O. The summed E-state index contributed by atoms with van der Waals surface area (Å²) in [7, 11) is 0. The number of benzene rings is 1. The van der Waals surface area contributed by atoms with E-state index in [1.54, 1.807) is 6.07 Å². The lowest BCUT2D eigenvalue weighted by Gasteiger charge is -1.98. The van der Waals surface area contributed by atoms with Gasteiger partial charge in [-0.05, 0) is 12.1 Å². The van der Waals surface area contributed by atoms with Crippen molar-refractivity contribution in [2.45, 2.75) is 0 Å². The molecule has 7 nitrogen and oxygen atoms in total. The number of nitrogens with one attached hydrogen (secondary N) is 2. The third-order valence-corrected chi connectivity index (χ3v) is 2.32. The van der Waals surface area contributed by atoms with Gasteiger partial charge in [0.05, 0.1) is 11.0 Å².